The summed E-state index contributed by atoms with van der Waals surface area (Å²) in [7, 11) is 0. The molecule has 2 aromatic rings. The summed E-state index contributed by atoms with van der Waals surface area (Å²) in [5.74, 6) is 0.407. The molecule has 3 heteroatoms. The number of hydrogen-bond donors (Lipinski definition) is 1. The van der Waals surface area contributed by atoms with Crippen molar-refractivity contribution in [2.75, 3.05) is 6.79 Å². The third-order valence-electron chi connectivity index (χ3n) is 3.21. The van der Waals surface area contributed by atoms with E-state index in [-0.39, 0.29) is 6.79 Å². The van der Waals surface area contributed by atoms with Crippen LogP contribution >= 0.6 is 0 Å². The zero-order chi connectivity index (χ0) is 13.1. The highest BCUT2D eigenvalue weighted by Crippen LogP contribution is 2.38. The molecule has 0 radical (unpaired) electrons. The minimum atomic E-state index is -1.32. The molecule has 1 heterocycles. The molecule has 0 bridgehead atoms. The van der Waals surface area contributed by atoms with E-state index in [0.717, 1.165) is 11.1 Å². The molecule has 0 amide bonds. The third kappa shape index (κ3) is 1.98. The SMILES string of the molecule is OC(C1=COCO1)(c1ccccc1)c1ccccc1. The molecule has 0 saturated heterocycles. The van der Waals surface area contributed by atoms with Crippen molar-refractivity contribution in [1.29, 1.82) is 0 Å². The van der Waals surface area contributed by atoms with Crippen molar-refractivity contribution in [3.63, 3.8) is 0 Å². The van der Waals surface area contributed by atoms with Gasteiger partial charge in [0.2, 0.25) is 6.79 Å². The second kappa shape index (κ2) is 4.78. The lowest BCUT2D eigenvalue weighted by molar-refractivity contribution is 0.0165. The van der Waals surface area contributed by atoms with Crippen molar-refractivity contribution in [3.05, 3.63) is 83.8 Å². The zero-order valence-electron chi connectivity index (χ0n) is 10.3. The predicted octanol–water partition coefficient (Wildman–Crippen LogP) is 2.77. The molecule has 0 aromatic heterocycles. The summed E-state index contributed by atoms with van der Waals surface area (Å²) in [6.07, 6.45) is 1.47. The molecule has 2 aromatic carbocycles. The van der Waals surface area contributed by atoms with Crippen LogP contribution in [-0.2, 0) is 15.1 Å². The Morgan fingerprint density at radius 3 is 1.79 bits per heavy atom. The molecule has 0 atom stereocenters. The van der Waals surface area contributed by atoms with Gasteiger partial charge in [-0.25, -0.2) is 0 Å². The Labute approximate surface area is 111 Å². The number of hydrogen-bond acceptors (Lipinski definition) is 3. The van der Waals surface area contributed by atoms with Gasteiger partial charge in [-0.2, -0.15) is 0 Å². The van der Waals surface area contributed by atoms with Gasteiger partial charge in [0.25, 0.3) is 0 Å². The van der Waals surface area contributed by atoms with E-state index in [0.29, 0.717) is 5.76 Å². The van der Waals surface area contributed by atoms with Gasteiger partial charge in [0.1, 0.15) is 6.26 Å². The van der Waals surface area contributed by atoms with Gasteiger partial charge in [-0.15, -0.1) is 0 Å². The highest BCUT2D eigenvalue weighted by Gasteiger charge is 2.39. The first kappa shape index (κ1) is 11.8. The van der Waals surface area contributed by atoms with Crippen LogP contribution in [0.2, 0.25) is 0 Å². The van der Waals surface area contributed by atoms with Gasteiger partial charge in [0.15, 0.2) is 11.4 Å². The van der Waals surface area contributed by atoms with E-state index in [1.807, 2.05) is 60.7 Å². The first-order valence-electron chi connectivity index (χ1n) is 6.10. The van der Waals surface area contributed by atoms with Gasteiger partial charge < -0.3 is 14.6 Å². The summed E-state index contributed by atoms with van der Waals surface area (Å²) in [6.45, 7) is 0.136. The maximum Gasteiger partial charge on any atom is 0.230 e. The van der Waals surface area contributed by atoms with Crippen molar-refractivity contribution >= 4 is 0 Å². The first-order chi connectivity index (χ1) is 9.32. The topological polar surface area (TPSA) is 38.7 Å². The molecule has 1 N–H and O–H groups in total. The molecule has 3 rings (SSSR count). The van der Waals surface area contributed by atoms with E-state index in [1.165, 1.54) is 6.26 Å². The highest BCUT2D eigenvalue weighted by molar-refractivity contribution is 5.43. The van der Waals surface area contributed by atoms with E-state index in [4.69, 9.17) is 9.47 Å². The summed E-state index contributed by atoms with van der Waals surface area (Å²) in [5.41, 5.74) is 0.176. The van der Waals surface area contributed by atoms with Crippen molar-refractivity contribution in [3.8, 4) is 0 Å². The average Bonchev–Trinajstić information content (AvgIpc) is 3.03. The van der Waals surface area contributed by atoms with Gasteiger partial charge in [-0.3, -0.25) is 0 Å². The molecule has 19 heavy (non-hydrogen) atoms. The van der Waals surface area contributed by atoms with E-state index in [2.05, 4.69) is 0 Å². The van der Waals surface area contributed by atoms with Gasteiger partial charge in [0.05, 0.1) is 0 Å². The molecule has 0 saturated carbocycles. The van der Waals surface area contributed by atoms with Gasteiger partial charge >= 0.3 is 0 Å². The predicted molar refractivity (Wildman–Crippen MR) is 71.0 cm³/mol. The van der Waals surface area contributed by atoms with Gasteiger partial charge in [-0.05, 0) is 11.1 Å². The zero-order valence-corrected chi connectivity index (χ0v) is 10.3. The fourth-order valence-electron chi connectivity index (χ4n) is 2.24. The van der Waals surface area contributed by atoms with Crippen molar-refractivity contribution in [1.82, 2.24) is 0 Å². The standard InChI is InChI=1S/C16H14O3/c17-16(15-11-18-12-19-15,13-7-3-1-4-8-13)14-9-5-2-6-10-14/h1-11,17H,12H2. The second-order valence-corrected chi connectivity index (χ2v) is 4.35. The molecular weight excluding hydrogens is 240 g/mol. The van der Waals surface area contributed by atoms with Crippen LogP contribution in [0.25, 0.3) is 0 Å². The molecule has 0 unspecified atom stereocenters. The monoisotopic (exact) mass is 254 g/mol. The Balaban J connectivity index is 2.16. The number of rotatable bonds is 3. The summed E-state index contributed by atoms with van der Waals surface area (Å²) in [6, 6.07) is 18.9. The minimum Gasteiger partial charge on any atom is -0.461 e. The normalized spacial score (nSPS) is 14.5. The van der Waals surface area contributed by atoms with E-state index in [1.54, 1.807) is 0 Å². The van der Waals surface area contributed by atoms with Crippen molar-refractivity contribution in [2.24, 2.45) is 0 Å². The number of ether oxygens (including phenoxy) is 2. The van der Waals surface area contributed by atoms with Crippen molar-refractivity contribution in [2.45, 2.75) is 5.60 Å². The van der Waals surface area contributed by atoms with Crippen LogP contribution in [0, 0.1) is 0 Å². The first-order valence-corrected chi connectivity index (χ1v) is 6.10. The molecule has 0 fully saturated rings. The van der Waals surface area contributed by atoms with E-state index in [9.17, 15) is 5.11 Å². The Kier molecular flexibility index (Phi) is 2.97. The molecule has 1 aliphatic rings. The Hall–Kier alpha value is -2.26. The Bertz CT molecular complexity index is 536. The maximum atomic E-state index is 11.2. The summed E-state index contributed by atoms with van der Waals surface area (Å²) in [5, 5.41) is 11.2. The molecular formula is C16H14O3. The van der Waals surface area contributed by atoms with E-state index < -0.39 is 5.60 Å². The van der Waals surface area contributed by atoms with Crippen LogP contribution in [0.4, 0.5) is 0 Å². The van der Waals surface area contributed by atoms with Crippen LogP contribution in [0.3, 0.4) is 0 Å². The molecule has 0 aliphatic carbocycles. The third-order valence-corrected chi connectivity index (χ3v) is 3.21. The summed E-state index contributed by atoms with van der Waals surface area (Å²) in [4.78, 5) is 0. The number of benzene rings is 2. The minimum absolute atomic E-state index is 0.136. The maximum absolute atomic E-state index is 11.2. The van der Waals surface area contributed by atoms with Gasteiger partial charge in [-0.1, -0.05) is 60.7 Å². The largest absolute Gasteiger partial charge is 0.461 e. The lowest BCUT2D eigenvalue weighted by Gasteiger charge is -2.28. The fourth-order valence-corrected chi connectivity index (χ4v) is 2.24. The average molecular weight is 254 g/mol. The molecule has 1 aliphatic heterocycles. The van der Waals surface area contributed by atoms with E-state index >= 15 is 0 Å². The molecule has 0 spiro atoms. The van der Waals surface area contributed by atoms with Crippen LogP contribution in [-0.4, -0.2) is 11.9 Å². The van der Waals surface area contributed by atoms with Crippen LogP contribution < -0.4 is 0 Å². The Morgan fingerprint density at radius 2 is 1.37 bits per heavy atom. The Morgan fingerprint density at radius 1 is 0.842 bits per heavy atom. The lowest BCUT2D eigenvalue weighted by atomic mass is 9.85. The smallest absolute Gasteiger partial charge is 0.230 e. The highest BCUT2D eigenvalue weighted by atomic mass is 16.7. The van der Waals surface area contributed by atoms with Gasteiger partial charge in [0, 0.05) is 0 Å². The summed E-state index contributed by atoms with van der Waals surface area (Å²) >= 11 is 0. The quantitative estimate of drug-likeness (QED) is 0.915. The fraction of sp³-hybridized carbons (Fsp3) is 0.125. The molecule has 96 valence electrons. The molecule has 3 nitrogen and oxygen atoms in total. The second-order valence-electron chi connectivity index (χ2n) is 4.35. The van der Waals surface area contributed by atoms with Crippen LogP contribution in [0.15, 0.2) is 72.7 Å². The number of aliphatic hydroxyl groups is 1. The lowest BCUT2D eigenvalue weighted by Crippen LogP contribution is -2.30. The summed E-state index contributed by atoms with van der Waals surface area (Å²) < 4.78 is 10.5. The van der Waals surface area contributed by atoms with Crippen LogP contribution in [0.5, 0.6) is 0 Å². The van der Waals surface area contributed by atoms with Crippen LogP contribution in [0.1, 0.15) is 11.1 Å². The van der Waals surface area contributed by atoms with Crippen molar-refractivity contribution < 1.29 is 14.6 Å².